The van der Waals surface area contributed by atoms with Crippen LogP contribution >= 0.6 is 22.6 Å². The molecule has 0 aliphatic heterocycles. The van der Waals surface area contributed by atoms with Gasteiger partial charge in [0.05, 0.1) is 0 Å². The van der Waals surface area contributed by atoms with E-state index in [1.54, 1.807) is 0 Å². The largest absolute Gasteiger partial charge is 0.445 e. The van der Waals surface area contributed by atoms with Crippen molar-refractivity contribution in [2.24, 2.45) is 0 Å². The maximum atomic E-state index is 11.2. The van der Waals surface area contributed by atoms with Crippen LogP contribution in [0.15, 0.2) is 0 Å². The Labute approximate surface area is 122 Å². The third kappa shape index (κ3) is 10.4. The highest BCUT2D eigenvalue weighted by atomic mass is 127. The van der Waals surface area contributed by atoms with Crippen LogP contribution in [0.25, 0.3) is 0 Å². The second-order valence-corrected chi connectivity index (χ2v) is 4.41. The van der Waals surface area contributed by atoms with Crippen LogP contribution in [0.3, 0.4) is 0 Å². The van der Waals surface area contributed by atoms with Crippen molar-refractivity contribution in [3.8, 4) is 9.85 Å². The van der Waals surface area contributed by atoms with Gasteiger partial charge < -0.3 is 10.1 Å². The molecule has 5 heteroatoms. The van der Waals surface area contributed by atoms with Gasteiger partial charge in [-0.05, 0) is 10.3 Å². The molecule has 0 atom stereocenters. The van der Waals surface area contributed by atoms with Crippen LogP contribution in [0.2, 0.25) is 0 Å². The summed E-state index contributed by atoms with van der Waals surface area (Å²) in [4.78, 5) is 22.4. The zero-order chi connectivity index (χ0) is 13.6. The lowest BCUT2D eigenvalue weighted by Gasteiger charge is -2.04. The molecule has 1 amide bonds. The van der Waals surface area contributed by atoms with Crippen molar-refractivity contribution >= 4 is 34.5 Å². The lowest BCUT2D eigenvalue weighted by Crippen LogP contribution is -2.33. The molecule has 0 saturated heterocycles. The highest BCUT2D eigenvalue weighted by Gasteiger charge is 2.13. The van der Waals surface area contributed by atoms with Gasteiger partial charge in [-0.15, -0.1) is 0 Å². The number of ether oxygens (including phenoxy) is 1. The molecule has 0 spiro atoms. The first-order chi connectivity index (χ1) is 8.72. The number of rotatable bonds is 8. The molecular formula is C13H20INO3. The molecule has 1 N–H and O–H groups in total. The molecule has 18 heavy (non-hydrogen) atoms. The summed E-state index contributed by atoms with van der Waals surface area (Å²) in [6, 6.07) is 0. The Hall–Kier alpha value is -0.770. The number of hydrogen-bond donors (Lipinski definition) is 1. The maximum Gasteiger partial charge on any atom is 0.397 e. The summed E-state index contributed by atoms with van der Waals surface area (Å²) in [5, 5.41) is 2.54. The summed E-state index contributed by atoms with van der Waals surface area (Å²) in [6.07, 6.45) is 6.88. The first-order valence-corrected chi connectivity index (χ1v) is 7.33. The zero-order valence-electron chi connectivity index (χ0n) is 10.8. The highest BCUT2D eigenvalue weighted by molar-refractivity contribution is 14.1. The molecular weight excluding hydrogens is 345 g/mol. The molecule has 0 heterocycles. The predicted molar refractivity (Wildman–Crippen MR) is 79.1 cm³/mol. The van der Waals surface area contributed by atoms with Gasteiger partial charge in [0.25, 0.3) is 0 Å². The summed E-state index contributed by atoms with van der Waals surface area (Å²) >= 11 is 1.84. The summed E-state index contributed by atoms with van der Waals surface area (Å²) in [6.45, 7) is 2.67. The third-order valence-electron chi connectivity index (χ3n) is 2.34. The summed E-state index contributed by atoms with van der Waals surface area (Å²) in [7, 11) is 0. The fraction of sp³-hybridized carbons (Fsp3) is 0.692. The first-order valence-electron chi connectivity index (χ1n) is 6.25. The number of nitrogens with one attached hydrogen (secondary N) is 1. The Balaban J connectivity index is 3.45. The smallest absolute Gasteiger partial charge is 0.397 e. The van der Waals surface area contributed by atoms with E-state index < -0.39 is 11.9 Å². The minimum atomic E-state index is -0.861. The van der Waals surface area contributed by atoms with Crippen molar-refractivity contribution in [2.45, 2.75) is 45.4 Å². The second-order valence-electron chi connectivity index (χ2n) is 3.87. The predicted octanol–water partition coefficient (Wildman–Crippen LogP) is 2.40. The van der Waals surface area contributed by atoms with E-state index in [1.165, 1.54) is 25.7 Å². The molecule has 0 aromatic heterocycles. The average Bonchev–Trinajstić information content (AvgIpc) is 2.37. The van der Waals surface area contributed by atoms with Gasteiger partial charge in [0.1, 0.15) is 0 Å². The number of unbranched alkanes of at least 4 members (excludes halogenated alkanes) is 5. The monoisotopic (exact) mass is 365 g/mol. The SMILES string of the molecule is CCCCCCCCNC(=O)C(=O)OCC#CI. The maximum absolute atomic E-state index is 11.2. The molecule has 0 aliphatic carbocycles. The first kappa shape index (κ1) is 17.2. The fourth-order valence-electron chi connectivity index (χ4n) is 1.37. The fourth-order valence-corrected chi connectivity index (χ4v) is 1.53. The minimum absolute atomic E-state index is 0.0355. The van der Waals surface area contributed by atoms with Crippen molar-refractivity contribution in [1.29, 1.82) is 0 Å². The van der Waals surface area contributed by atoms with Crippen LogP contribution in [0.4, 0.5) is 0 Å². The van der Waals surface area contributed by atoms with E-state index in [2.05, 4.69) is 26.8 Å². The van der Waals surface area contributed by atoms with E-state index in [0.29, 0.717) is 6.54 Å². The number of hydrogen-bond acceptors (Lipinski definition) is 3. The Morgan fingerprint density at radius 1 is 1.17 bits per heavy atom. The highest BCUT2D eigenvalue weighted by Crippen LogP contribution is 2.03. The van der Waals surface area contributed by atoms with E-state index in [0.717, 1.165) is 12.8 Å². The Bertz CT molecular complexity index is 307. The molecule has 0 aromatic rings. The molecule has 0 unspecified atom stereocenters. The molecule has 0 saturated carbocycles. The molecule has 0 rings (SSSR count). The zero-order valence-corrected chi connectivity index (χ0v) is 12.9. The second kappa shape index (κ2) is 12.7. The normalized spacial score (nSPS) is 9.22. The van der Waals surface area contributed by atoms with Crippen molar-refractivity contribution in [3.05, 3.63) is 0 Å². The topological polar surface area (TPSA) is 55.4 Å². The molecule has 0 fully saturated rings. The summed E-state index contributed by atoms with van der Waals surface area (Å²) in [5.41, 5.74) is 0. The van der Waals surface area contributed by atoms with Gasteiger partial charge in [-0.1, -0.05) is 44.9 Å². The van der Waals surface area contributed by atoms with E-state index in [9.17, 15) is 9.59 Å². The van der Waals surface area contributed by atoms with Crippen LogP contribution in [-0.4, -0.2) is 25.0 Å². The molecule has 0 radical (unpaired) electrons. The number of esters is 1. The third-order valence-corrected chi connectivity index (χ3v) is 2.72. The molecule has 0 aliphatic rings. The van der Waals surface area contributed by atoms with Crippen molar-refractivity contribution in [3.63, 3.8) is 0 Å². The molecule has 102 valence electrons. The van der Waals surface area contributed by atoms with Gasteiger partial charge in [0, 0.05) is 29.1 Å². The van der Waals surface area contributed by atoms with Crippen molar-refractivity contribution < 1.29 is 14.3 Å². The number of amides is 1. The number of halogens is 1. The lowest BCUT2D eigenvalue weighted by atomic mass is 10.1. The Morgan fingerprint density at radius 2 is 1.83 bits per heavy atom. The van der Waals surface area contributed by atoms with E-state index in [1.807, 2.05) is 22.6 Å². The quantitative estimate of drug-likeness (QED) is 0.236. The van der Waals surface area contributed by atoms with Crippen LogP contribution in [-0.2, 0) is 14.3 Å². The number of carbonyl (C=O) groups is 2. The van der Waals surface area contributed by atoms with Gasteiger partial charge >= 0.3 is 11.9 Å². The van der Waals surface area contributed by atoms with Crippen molar-refractivity contribution in [2.75, 3.05) is 13.2 Å². The van der Waals surface area contributed by atoms with Gasteiger partial charge in [0.15, 0.2) is 6.61 Å². The van der Waals surface area contributed by atoms with Gasteiger partial charge in [0.2, 0.25) is 0 Å². The molecule has 0 aromatic carbocycles. The molecule has 0 bridgehead atoms. The molecule has 4 nitrogen and oxygen atoms in total. The summed E-state index contributed by atoms with van der Waals surface area (Å²) in [5.74, 6) is 1.00. The standard InChI is InChI=1S/C13H20INO3/c1-2-3-4-5-6-7-10-15-12(16)13(17)18-11-8-9-14/h2-7,10-11H2,1H3,(H,15,16). The van der Waals surface area contributed by atoms with Gasteiger partial charge in [-0.2, -0.15) is 0 Å². The van der Waals surface area contributed by atoms with Crippen LogP contribution in [0, 0.1) is 9.85 Å². The minimum Gasteiger partial charge on any atom is -0.445 e. The summed E-state index contributed by atoms with van der Waals surface area (Å²) < 4.78 is 7.17. The van der Waals surface area contributed by atoms with Gasteiger partial charge in [-0.25, -0.2) is 4.79 Å². The Morgan fingerprint density at radius 3 is 2.50 bits per heavy atom. The van der Waals surface area contributed by atoms with Crippen LogP contribution in [0.5, 0.6) is 0 Å². The van der Waals surface area contributed by atoms with Crippen LogP contribution < -0.4 is 5.32 Å². The lowest BCUT2D eigenvalue weighted by molar-refractivity contribution is -0.153. The average molecular weight is 365 g/mol. The number of carbonyl (C=O) groups excluding carboxylic acids is 2. The van der Waals surface area contributed by atoms with E-state index in [-0.39, 0.29) is 6.61 Å². The Kier molecular flexibility index (Phi) is 12.1. The van der Waals surface area contributed by atoms with Gasteiger partial charge in [-0.3, -0.25) is 4.79 Å². The van der Waals surface area contributed by atoms with E-state index >= 15 is 0 Å². The van der Waals surface area contributed by atoms with E-state index in [4.69, 9.17) is 0 Å². The van der Waals surface area contributed by atoms with Crippen LogP contribution in [0.1, 0.15) is 45.4 Å². The van der Waals surface area contributed by atoms with Crippen molar-refractivity contribution in [1.82, 2.24) is 5.32 Å².